The van der Waals surface area contributed by atoms with E-state index in [4.69, 9.17) is 5.73 Å². The predicted molar refractivity (Wildman–Crippen MR) is 103 cm³/mol. The average molecular weight is 323 g/mol. The molecule has 2 aromatic rings. The maximum absolute atomic E-state index is 6.12. The zero-order chi connectivity index (χ0) is 16.9. The standard InChI is InChI=1S/C21H29N3/c1-17(2)18-8-10-19(11-9-18)21(16-22)24-14-12-23(13-15-24)20-6-4-3-5-7-20/h3-11,17,21H,12-16,22H2,1-2H3. The largest absolute Gasteiger partial charge is 0.369 e. The van der Waals surface area contributed by atoms with Gasteiger partial charge in [0.2, 0.25) is 0 Å². The van der Waals surface area contributed by atoms with Crippen LogP contribution in [0.4, 0.5) is 5.69 Å². The summed E-state index contributed by atoms with van der Waals surface area (Å²) in [5, 5.41) is 0. The molecule has 0 aliphatic carbocycles. The third-order valence-electron chi connectivity index (χ3n) is 5.09. The van der Waals surface area contributed by atoms with Gasteiger partial charge < -0.3 is 10.6 Å². The molecule has 0 bridgehead atoms. The van der Waals surface area contributed by atoms with E-state index < -0.39 is 0 Å². The molecule has 3 rings (SSSR count). The van der Waals surface area contributed by atoms with E-state index in [1.54, 1.807) is 0 Å². The molecule has 2 N–H and O–H groups in total. The van der Waals surface area contributed by atoms with Crippen LogP contribution in [0.3, 0.4) is 0 Å². The van der Waals surface area contributed by atoms with Crippen molar-refractivity contribution in [2.45, 2.75) is 25.8 Å². The highest BCUT2D eigenvalue weighted by Gasteiger charge is 2.24. The van der Waals surface area contributed by atoms with Gasteiger partial charge in [0.15, 0.2) is 0 Å². The van der Waals surface area contributed by atoms with Crippen molar-refractivity contribution in [3.05, 3.63) is 65.7 Å². The summed E-state index contributed by atoms with van der Waals surface area (Å²) in [7, 11) is 0. The highest BCUT2D eigenvalue weighted by Crippen LogP contribution is 2.25. The molecule has 0 aromatic heterocycles. The summed E-state index contributed by atoms with van der Waals surface area (Å²) >= 11 is 0. The number of nitrogens with zero attached hydrogens (tertiary/aromatic N) is 2. The molecule has 1 aliphatic heterocycles. The lowest BCUT2D eigenvalue weighted by Crippen LogP contribution is -2.49. The number of anilines is 1. The van der Waals surface area contributed by atoms with Crippen molar-refractivity contribution < 1.29 is 0 Å². The second-order valence-electron chi connectivity index (χ2n) is 6.93. The van der Waals surface area contributed by atoms with E-state index in [1.807, 2.05) is 0 Å². The molecule has 0 amide bonds. The zero-order valence-electron chi connectivity index (χ0n) is 14.9. The summed E-state index contributed by atoms with van der Waals surface area (Å²) in [6.45, 7) is 9.38. The van der Waals surface area contributed by atoms with Crippen LogP contribution in [0, 0.1) is 0 Å². The molecule has 128 valence electrons. The van der Waals surface area contributed by atoms with E-state index in [0.29, 0.717) is 18.5 Å². The van der Waals surface area contributed by atoms with E-state index in [2.05, 4.69) is 78.2 Å². The van der Waals surface area contributed by atoms with Crippen LogP contribution >= 0.6 is 0 Å². The van der Waals surface area contributed by atoms with Gasteiger partial charge in [0.25, 0.3) is 0 Å². The fourth-order valence-corrected chi connectivity index (χ4v) is 3.53. The van der Waals surface area contributed by atoms with Crippen LogP contribution in [0.25, 0.3) is 0 Å². The van der Waals surface area contributed by atoms with E-state index >= 15 is 0 Å². The van der Waals surface area contributed by atoms with Crippen LogP contribution in [0.1, 0.15) is 36.9 Å². The SMILES string of the molecule is CC(C)c1ccc(C(CN)N2CCN(c3ccccc3)CC2)cc1. The second-order valence-corrected chi connectivity index (χ2v) is 6.93. The predicted octanol–water partition coefficient (Wildman–Crippen LogP) is 3.63. The third-order valence-corrected chi connectivity index (χ3v) is 5.09. The Labute approximate surface area is 146 Å². The minimum atomic E-state index is 0.323. The van der Waals surface area contributed by atoms with Gasteiger partial charge in [0.1, 0.15) is 0 Å². The molecule has 0 radical (unpaired) electrons. The Morgan fingerprint density at radius 2 is 1.42 bits per heavy atom. The molecule has 1 heterocycles. The second kappa shape index (κ2) is 7.82. The van der Waals surface area contributed by atoms with Gasteiger partial charge >= 0.3 is 0 Å². The van der Waals surface area contributed by atoms with Crippen molar-refractivity contribution in [1.82, 2.24) is 4.90 Å². The van der Waals surface area contributed by atoms with Gasteiger partial charge in [0.05, 0.1) is 0 Å². The normalized spacial score (nSPS) is 17.2. The minimum absolute atomic E-state index is 0.323. The van der Waals surface area contributed by atoms with Crippen molar-refractivity contribution >= 4 is 5.69 Å². The number of hydrogen-bond donors (Lipinski definition) is 1. The summed E-state index contributed by atoms with van der Waals surface area (Å²) < 4.78 is 0. The van der Waals surface area contributed by atoms with Crippen LogP contribution in [0.5, 0.6) is 0 Å². The number of para-hydroxylation sites is 1. The van der Waals surface area contributed by atoms with E-state index in [1.165, 1.54) is 16.8 Å². The molecule has 0 saturated carbocycles. The summed E-state index contributed by atoms with van der Waals surface area (Å²) in [5.74, 6) is 0.574. The lowest BCUT2D eigenvalue weighted by molar-refractivity contribution is 0.190. The molecule has 1 atom stereocenters. The monoisotopic (exact) mass is 323 g/mol. The molecule has 3 heteroatoms. The molecule has 3 nitrogen and oxygen atoms in total. The first-order chi connectivity index (χ1) is 11.7. The molecule has 1 unspecified atom stereocenters. The van der Waals surface area contributed by atoms with Crippen molar-refractivity contribution in [2.75, 3.05) is 37.6 Å². The lowest BCUT2D eigenvalue weighted by Gasteiger charge is -2.40. The van der Waals surface area contributed by atoms with Crippen molar-refractivity contribution in [3.8, 4) is 0 Å². The Kier molecular flexibility index (Phi) is 5.54. The van der Waals surface area contributed by atoms with Gasteiger partial charge in [0, 0.05) is 44.5 Å². The van der Waals surface area contributed by atoms with Crippen LogP contribution in [0.2, 0.25) is 0 Å². The Hall–Kier alpha value is -1.84. The fraction of sp³-hybridized carbons (Fsp3) is 0.429. The number of piperazine rings is 1. The Morgan fingerprint density at radius 3 is 1.96 bits per heavy atom. The number of rotatable bonds is 5. The molecule has 24 heavy (non-hydrogen) atoms. The highest BCUT2D eigenvalue weighted by molar-refractivity contribution is 5.46. The van der Waals surface area contributed by atoms with Gasteiger partial charge in [-0.25, -0.2) is 0 Å². The van der Waals surface area contributed by atoms with Gasteiger partial charge in [-0.05, 0) is 29.2 Å². The molecular weight excluding hydrogens is 294 g/mol. The lowest BCUT2D eigenvalue weighted by atomic mass is 9.98. The topological polar surface area (TPSA) is 32.5 Å². The first kappa shape index (κ1) is 17.0. The smallest absolute Gasteiger partial charge is 0.0471 e. The number of nitrogens with two attached hydrogens (primary N) is 1. The average Bonchev–Trinajstić information content (AvgIpc) is 2.64. The van der Waals surface area contributed by atoms with E-state index in [-0.39, 0.29) is 0 Å². The summed E-state index contributed by atoms with van der Waals surface area (Å²) in [4.78, 5) is 5.00. The molecule has 0 spiro atoms. The van der Waals surface area contributed by atoms with Crippen molar-refractivity contribution in [2.24, 2.45) is 5.73 Å². The third kappa shape index (κ3) is 3.80. The maximum atomic E-state index is 6.12. The number of hydrogen-bond acceptors (Lipinski definition) is 3. The van der Waals surface area contributed by atoms with Gasteiger partial charge in [-0.1, -0.05) is 56.3 Å². The van der Waals surface area contributed by atoms with E-state index in [9.17, 15) is 0 Å². The molecule has 1 aliphatic rings. The summed E-state index contributed by atoms with van der Waals surface area (Å²) in [6.07, 6.45) is 0. The summed E-state index contributed by atoms with van der Waals surface area (Å²) in [5.41, 5.74) is 10.2. The van der Waals surface area contributed by atoms with Gasteiger partial charge in [-0.3, -0.25) is 4.90 Å². The maximum Gasteiger partial charge on any atom is 0.0471 e. The Balaban J connectivity index is 1.65. The Bertz CT molecular complexity index is 613. The van der Waals surface area contributed by atoms with Gasteiger partial charge in [-0.15, -0.1) is 0 Å². The first-order valence-electron chi connectivity index (χ1n) is 9.03. The van der Waals surface area contributed by atoms with Crippen molar-refractivity contribution in [3.63, 3.8) is 0 Å². The first-order valence-corrected chi connectivity index (χ1v) is 9.03. The molecule has 1 saturated heterocycles. The quantitative estimate of drug-likeness (QED) is 0.912. The van der Waals surface area contributed by atoms with Crippen LogP contribution in [-0.4, -0.2) is 37.6 Å². The summed E-state index contributed by atoms with van der Waals surface area (Å²) in [6, 6.07) is 20.0. The molecule has 1 fully saturated rings. The molecule has 2 aromatic carbocycles. The zero-order valence-corrected chi connectivity index (χ0v) is 14.9. The number of benzene rings is 2. The fourth-order valence-electron chi connectivity index (χ4n) is 3.53. The van der Waals surface area contributed by atoms with Crippen LogP contribution in [0.15, 0.2) is 54.6 Å². The van der Waals surface area contributed by atoms with E-state index in [0.717, 1.165) is 26.2 Å². The van der Waals surface area contributed by atoms with Gasteiger partial charge in [-0.2, -0.15) is 0 Å². The minimum Gasteiger partial charge on any atom is -0.369 e. The van der Waals surface area contributed by atoms with Crippen molar-refractivity contribution in [1.29, 1.82) is 0 Å². The van der Waals surface area contributed by atoms with Crippen LogP contribution < -0.4 is 10.6 Å². The Morgan fingerprint density at radius 1 is 0.833 bits per heavy atom. The highest BCUT2D eigenvalue weighted by atomic mass is 15.3. The van der Waals surface area contributed by atoms with Crippen LogP contribution in [-0.2, 0) is 0 Å². The molecular formula is C21H29N3.